The van der Waals surface area contributed by atoms with Gasteiger partial charge < -0.3 is 13.9 Å². The standard InChI is InChI=1S/C60H72O4Si/c1-12-16-20-41(14-3)38-62-46-28-33-54-55(36-46)57(51-24-18-22-43-34-45(26-30-49(43)51)59(61)40(5)6)53-32-27-47(63-39-42(15-4)21-17-13-2)37-56(53)58(54)52-25-19-23-44-35-48(29-31-50(44)52)64-65(10,11)60(7,8)9/h18-19,22-37,41-42H,5,12-17,20-21,38-39H2,1-4,6-11H3. The van der Waals surface area contributed by atoms with E-state index in [1.807, 2.05) is 12.1 Å². The lowest BCUT2D eigenvalue weighted by molar-refractivity contribution is 0.103. The molecule has 7 aromatic carbocycles. The summed E-state index contributed by atoms with van der Waals surface area (Å²) in [6.07, 6.45) is 9.30. The zero-order valence-corrected chi connectivity index (χ0v) is 42.0. The summed E-state index contributed by atoms with van der Waals surface area (Å²) in [4.78, 5) is 13.2. The molecule has 0 saturated heterocycles. The van der Waals surface area contributed by atoms with Gasteiger partial charge in [0, 0.05) is 5.56 Å². The third-order valence-corrected chi connectivity index (χ3v) is 18.6. The summed E-state index contributed by atoms with van der Waals surface area (Å²) in [5.41, 5.74) is 5.75. The maximum atomic E-state index is 13.2. The number of fused-ring (bicyclic) bond motifs is 4. The number of hydrogen-bond donors (Lipinski definition) is 0. The van der Waals surface area contributed by atoms with Crippen molar-refractivity contribution in [3.63, 3.8) is 0 Å². The molecule has 0 radical (unpaired) electrons. The molecule has 7 rings (SSSR count). The van der Waals surface area contributed by atoms with E-state index in [1.54, 1.807) is 6.92 Å². The van der Waals surface area contributed by atoms with Crippen molar-refractivity contribution in [3.05, 3.63) is 127 Å². The maximum Gasteiger partial charge on any atom is 0.250 e. The first-order valence-electron chi connectivity index (χ1n) is 24.4. The highest BCUT2D eigenvalue weighted by Crippen LogP contribution is 2.49. The Kier molecular flexibility index (Phi) is 14.9. The lowest BCUT2D eigenvalue weighted by atomic mass is 9.83. The van der Waals surface area contributed by atoms with Crippen LogP contribution >= 0.6 is 0 Å². The van der Waals surface area contributed by atoms with Gasteiger partial charge in [0.2, 0.25) is 8.32 Å². The average molecular weight is 885 g/mol. The van der Waals surface area contributed by atoms with E-state index in [0.717, 1.165) is 90.9 Å². The SMILES string of the molecule is C=C(C)C(=O)c1ccc2c(-c3c4ccc(OCC(CC)CCCC)cc4c(-c4cccc5cc(O[Si](C)(C)C(C)(C)C)ccc45)c4ccc(OCC(CC)CCCC)cc34)cccc2c1. The van der Waals surface area contributed by atoms with Crippen LogP contribution in [-0.2, 0) is 0 Å². The molecule has 0 amide bonds. The quantitative estimate of drug-likeness (QED) is 0.0331. The smallest absolute Gasteiger partial charge is 0.250 e. The van der Waals surface area contributed by atoms with Crippen LogP contribution in [0.1, 0.15) is 117 Å². The number of carbonyl (C=O) groups is 1. The molecule has 0 heterocycles. The predicted molar refractivity (Wildman–Crippen MR) is 282 cm³/mol. The average Bonchev–Trinajstić information content (AvgIpc) is 3.29. The molecular formula is C60H72O4Si. The first-order valence-corrected chi connectivity index (χ1v) is 27.3. The van der Waals surface area contributed by atoms with Crippen LogP contribution in [-0.4, -0.2) is 27.3 Å². The predicted octanol–water partition coefficient (Wildman–Crippen LogP) is 18.0. The number of ketones is 1. The molecule has 0 fully saturated rings. The van der Waals surface area contributed by atoms with Crippen molar-refractivity contribution < 1.29 is 18.7 Å². The van der Waals surface area contributed by atoms with Gasteiger partial charge in [-0.1, -0.05) is 160 Å². The molecule has 7 aromatic rings. The normalized spacial score (nSPS) is 13.1. The topological polar surface area (TPSA) is 44.8 Å². The third-order valence-electron chi connectivity index (χ3n) is 14.2. The molecule has 340 valence electrons. The molecule has 0 spiro atoms. The lowest BCUT2D eigenvalue weighted by Gasteiger charge is -2.36. The van der Waals surface area contributed by atoms with Crippen molar-refractivity contribution in [2.24, 2.45) is 11.8 Å². The molecule has 0 aromatic heterocycles. The van der Waals surface area contributed by atoms with Gasteiger partial charge in [0.05, 0.1) is 13.2 Å². The summed E-state index contributed by atoms with van der Waals surface area (Å²) < 4.78 is 20.4. The van der Waals surface area contributed by atoms with E-state index in [9.17, 15) is 4.79 Å². The Hall–Kier alpha value is -5.39. The Morgan fingerprint density at radius 2 is 1.05 bits per heavy atom. The van der Waals surface area contributed by atoms with Gasteiger partial charge in [0.15, 0.2) is 5.78 Å². The number of unbranched alkanes of at least 4 members (excludes halogenated alkanes) is 2. The molecular weight excluding hydrogens is 813 g/mol. The summed E-state index contributed by atoms with van der Waals surface area (Å²) in [7, 11) is -2.06. The van der Waals surface area contributed by atoms with Crippen LogP contribution < -0.4 is 13.9 Å². The zero-order chi connectivity index (χ0) is 46.5. The van der Waals surface area contributed by atoms with Crippen molar-refractivity contribution in [2.45, 2.75) is 125 Å². The molecule has 4 nitrogen and oxygen atoms in total. The summed E-state index contributed by atoms with van der Waals surface area (Å²) in [6.45, 7) is 27.6. The number of allylic oxidation sites excluding steroid dienone is 1. The Morgan fingerprint density at radius 1 is 0.585 bits per heavy atom. The molecule has 2 unspecified atom stereocenters. The minimum absolute atomic E-state index is 0.0371. The van der Waals surface area contributed by atoms with Crippen LogP contribution in [0.25, 0.3) is 65.3 Å². The zero-order valence-electron chi connectivity index (χ0n) is 41.0. The van der Waals surface area contributed by atoms with Crippen LogP contribution in [0.15, 0.2) is 121 Å². The van der Waals surface area contributed by atoms with E-state index in [2.05, 4.69) is 165 Å². The molecule has 65 heavy (non-hydrogen) atoms. The number of benzene rings is 7. The van der Waals surface area contributed by atoms with E-state index in [-0.39, 0.29) is 10.8 Å². The summed E-state index contributed by atoms with van der Waals surface area (Å²) >= 11 is 0. The molecule has 5 heteroatoms. The molecule has 0 bridgehead atoms. The lowest BCUT2D eigenvalue weighted by Crippen LogP contribution is -2.43. The molecule has 0 N–H and O–H groups in total. The van der Waals surface area contributed by atoms with E-state index in [0.29, 0.717) is 36.2 Å². The van der Waals surface area contributed by atoms with Crippen molar-refractivity contribution in [1.29, 1.82) is 0 Å². The van der Waals surface area contributed by atoms with Crippen LogP contribution in [0, 0.1) is 11.8 Å². The van der Waals surface area contributed by atoms with Gasteiger partial charge in [-0.25, -0.2) is 0 Å². The van der Waals surface area contributed by atoms with Crippen LogP contribution in [0.5, 0.6) is 17.2 Å². The number of Topliss-reactive ketones (excluding diaryl/α,β-unsaturated/α-hetero) is 1. The van der Waals surface area contributed by atoms with Crippen molar-refractivity contribution in [3.8, 4) is 39.5 Å². The second-order valence-corrected chi connectivity index (χ2v) is 24.7. The monoisotopic (exact) mass is 885 g/mol. The second kappa shape index (κ2) is 20.4. The van der Waals surface area contributed by atoms with Gasteiger partial charge in [-0.3, -0.25) is 4.79 Å². The van der Waals surface area contributed by atoms with Gasteiger partial charge >= 0.3 is 0 Å². The van der Waals surface area contributed by atoms with Gasteiger partial charge in [-0.05, 0) is 163 Å². The van der Waals surface area contributed by atoms with Crippen molar-refractivity contribution >= 4 is 57.2 Å². The highest BCUT2D eigenvalue weighted by Gasteiger charge is 2.39. The largest absolute Gasteiger partial charge is 0.543 e. The molecule has 0 aliphatic rings. The van der Waals surface area contributed by atoms with E-state index in [1.165, 1.54) is 43.1 Å². The summed E-state index contributed by atoms with van der Waals surface area (Å²) in [5, 5.41) is 9.02. The Bertz CT molecular complexity index is 2830. The highest BCUT2D eigenvalue weighted by atomic mass is 28.4. The van der Waals surface area contributed by atoms with Crippen LogP contribution in [0.4, 0.5) is 0 Å². The first kappa shape index (κ1) is 47.6. The van der Waals surface area contributed by atoms with Gasteiger partial charge in [0.25, 0.3) is 0 Å². The fourth-order valence-electron chi connectivity index (χ4n) is 9.05. The highest BCUT2D eigenvalue weighted by molar-refractivity contribution is 6.74. The molecule has 2 atom stereocenters. The fraction of sp³-hybridized carbons (Fsp3) is 0.383. The maximum absolute atomic E-state index is 13.2. The number of rotatable bonds is 20. The Labute approximate surface area is 390 Å². The van der Waals surface area contributed by atoms with E-state index in [4.69, 9.17) is 13.9 Å². The second-order valence-electron chi connectivity index (χ2n) is 20.0. The van der Waals surface area contributed by atoms with Gasteiger partial charge in [0.1, 0.15) is 17.2 Å². The number of hydrogen-bond acceptors (Lipinski definition) is 4. The Balaban J connectivity index is 1.51. The molecule has 0 saturated carbocycles. The summed E-state index contributed by atoms with van der Waals surface area (Å²) in [5.74, 6) is 3.64. The minimum atomic E-state index is -2.06. The number of carbonyl (C=O) groups excluding carboxylic acids is 1. The van der Waals surface area contributed by atoms with Crippen molar-refractivity contribution in [2.75, 3.05) is 13.2 Å². The Morgan fingerprint density at radius 3 is 1.51 bits per heavy atom. The summed E-state index contributed by atoms with van der Waals surface area (Å²) in [6, 6.07) is 39.3. The van der Waals surface area contributed by atoms with Crippen molar-refractivity contribution in [1.82, 2.24) is 0 Å². The van der Waals surface area contributed by atoms with E-state index >= 15 is 0 Å². The minimum Gasteiger partial charge on any atom is -0.543 e. The molecule has 0 aliphatic carbocycles. The van der Waals surface area contributed by atoms with Gasteiger partial charge in [-0.15, -0.1) is 0 Å². The van der Waals surface area contributed by atoms with Gasteiger partial charge in [-0.2, -0.15) is 0 Å². The number of ether oxygens (including phenoxy) is 2. The first-order chi connectivity index (χ1) is 31.2. The van der Waals surface area contributed by atoms with Crippen LogP contribution in [0.3, 0.4) is 0 Å². The third kappa shape index (κ3) is 10.4. The molecule has 0 aliphatic heterocycles. The van der Waals surface area contributed by atoms with E-state index < -0.39 is 8.32 Å². The van der Waals surface area contributed by atoms with Crippen LogP contribution in [0.2, 0.25) is 18.1 Å². The fourth-order valence-corrected chi connectivity index (χ4v) is 10.1.